The molecule has 1 atom stereocenters. The molecule has 2 aromatic rings. The standard InChI is InChI=1S/C15H17ClOS/c1-9(2)11-4-6-12(7-5-11)14(17)15-13(16)10(3)8-18-15/h4-9,14,17H,1-3H3. The Balaban J connectivity index is 2.29. The molecule has 1 aromatic carbocycles. The lowest BCUT2D eigenvalue weighted by atomic mass is 9.99. The average Bonchev–Trinajstić information content (AvgIpc) is 2.69. The molecular weight excluding hydrogens is 264 g/mol. The highest BCUT2D eigenvalue weighted by Gasteiger charge is 2.17. The zero-order chi connectivity index (χ0) is 13.3. The second kappa shape index (κ2) is 5.43. The maximum absolute atomic E-state index is 10.3. The summed E-state index contributed by atoms with van der Waals surface area (Å²) in [5, 5.41) is 13.0. The number of thiophene rings is 1. The second-order valence-corrected chi connectivity index (χ2v) is 6.11. The van der Waals surface area contributed by atoms with Crippen LogP contribution < -0.4 is 0 Å². The van der Waals surface area contributed by atoms with Crippen LogP contribution in [0.3, 0.4) is 0 Å². The first-order chi connectivity index (χ1) is 8.50. The maximum atomic E-state index is 10.3. The minimum Gasteiger partial charge on any atom is -0.383 e. The molecule has 0 aliphatic heterocycles. The summed E-state index contributed by atoms with van der Waals surface area (Å²) < 4.78 is 0. The maximum Gasteiger partial charge on any atom is 0.115 e. The summed E-state index contributed by atoms with van der Waals surface area (Å²) in [7, 11) is 0. The van der Waals surface area contributed by atoms with E-state index >= 15 is 0 Å². The van der Waals surface area contributed by atoms with Crippen molar-refractivity contribution in [1.29, 1.82) is 0 Å². The van der Waals surface area contributed by atoms with Gasteiger partial charge in [0.05, 0.1) is 9.90 Å². The normalized spacial score (nSPS) is 13.0. The van der Waals surface area contributed by atoms with Gasteiger partial charge in [-0.25, -0.2) is 0 Å². The Hall–Kier alpha value is -0.830. The van der Waals surface area contributed by atoms with Crippen LogP contribution in [0.4, 0.5) is 0 Å². The lowest BCUT2D eigenvalue weighted by Crippen LogP contribution is -1.98. The number of rotatable bonds is 3. The van der Waals surface area contributed by atoms with E-state index in [9.17, 15) is 5.11 Å². The van der Waals surface area contributed by atoms with Gasteiger partial charge in [0.2, 0.25) is 0 Å². The molecule has 0 saturated heterocycles. The van der Waals surface area contributed by atoms with Gasteiger partial charge in [0.1, 0.15) is 6.10 Å². The first kappa shape index (κ1) is 13.6. The van der Waals surface area contributed by atoms with Crippen LogP contribution in [0, 0.1) is 6.92 Å². The third-order valence-electron chi connectivity index (χ3n) is 3.09. The van der Waals surface area contributed by atoms with Crippen molar-refractivity contribution in [2.24, 2.45) is 0 Å². The van der Waals surface area contributed by atoms with Gasteiger partial charge in [-0.05, 0) is 34.9 Å². The second-order valence-electron chi connectivity index (χ2n) is 4.82. The lowest BCUT2D eigenvalue weighted by molar-refractivity contribution is 0.224. The van der Waals surface area contributed by atoms with Crippen molar-refractivity contribution in [2.75, 3.05) is 0 Å². The van der Waals surface area contributed by atoms with Crippen LogP contribution in [0.2, 0.25) is 5.02 Å². The highest BCUT2D eigenvalue weighted by atomic mass is 35.5. The fourth-order valence-corrected chi connectivity index (χ4v) is 3.16. The minimum absolute atomic E-state index is 0.503. The fourth-order valence-electron chi connectivity index (χ4n) is 1.85. The third kappa shape index (κ3) is 2.61. The summed E-state index contributed by atoms with van der Waals surface area (Å²) in [6.07, 6.45) is -0.627. The molecule has 0 bridgehead atoms. The van der Waals surface area contributed by atoms with Gasteiger partial charge in [-0.1, -0.05) is 49.7 Å². The number of benzene rings is 1. The van der Waals surface area contributed by atoms with E-state index < -0.39 is 6.10 Å². The van der Waals surface area contributed by atoms with E-state index in [2.05, 4.69) is 26.0 Å². The summed E-state index contributed by atoms with van der Waals surface area (Å²) in [4.78, 5) is 0.825. The molecule has 0 amide bonds. The lowest BCUT2D eigenvalue weighted by Gasteiger charge is -2.12. The minimum atomic E-state index is -0.627. The smallest absolute Gasteiger partial charge is 0.115 e. The molecular formula is C15H17ClOS. The molecule has 0 aliphatic rings. The number of hydrogen-bond acceptors (Lipinski definition) is 2. The van der Waals surface area contributed by atoms with Crippen molar-refractivity contribution in [3.05, 3.63) is 56.2 Å². The SMILES string of the molecule is Cc1csc(C(O)c2ccc(C(C)C)cc2)c1Cl. The van der Waals surface area contributed by atoms with E-state index in [1.807, 2.05) is 24.4 Å². The van der Waals surface area contributed by atoms with Crippen LogP contribution in [0.25, 0.3) is 0 Å². The molecule has 0 saturated carbocycles. The summed E-state index contributed by atoms with van der Waals surface area (Å²) in [6, 6.07) is 8.09. The molecule has 0 spiro atoms. The van der Waals surface area contributed by atoms with Crippen LogP contribution in [0.1, 0.15) is 47.4 Å². The van der Waals surface area contributed by atoms with E-state index in [1.54, 1.807) is 0 Å². The van der Waals surface area contributed by atoms with E-state index in [-0.39, 0.29) is 0 Å². The summed E-state index contributed by atoms with van der Waals surface area (Å²) >= 11 is 7.69. The fraction of sp³-hybridized carbons (Fsp3) is 0.333. The van der Waals surface area contributed by atoms with Gasteiger partial charge in [0.15, 0.2) is 0 Å². The topological polar surface area (TPSA) is 20.2 Å². The molecule has 1 unspecified atom stereocenters. The van der Waals surface area contributed by atoms with Gasteiger partial charge in [-0.2, -0.15) is 0 Å². The predicted molar refractivity (Wildman–Crippen MR) is 78.7 cm³/mol. The Morgan fingerprint density at radius 2 is 1.67 bits per heavy atom. The van der Waals surface area contributed by atoms with Crippen molar-refractivity contribution in [2.45, 2.75) is 32.8 Å². The van der Waals surface area contributed by atoms with Gasteiger partial charge >= 0.3 is 0 Å². The highest BCUT2D eigenvalue weighted by Crippen LogP contribution is 2.35. The van der Waals surface area contributed by atoms with E-state index in [0.717, 1.165) is 16.0 Å². The first-order valence-electron chi connectivity index (χ1n) is 6.02. The van der Waals surface area contributed by atoms with Gasteiger partial charge in [0.25, 0.3) is 0 Å². The quantitative estimate of drug-likeness (QED) is 0.846. The molecule has 2 rings (SSSR count). The third-order valence-corrected chi connectivity index (χ3v) is 4.86. The summed E-state index contributed by atoms with van der Waals surface area (Å²) in [6.45, 7) is 6.27. The Morgan fingerprint density at radius 1 is 1.11 bits per heavy atom. The van der Waals surface area contributed by atoms with Crippen LogP contribution in [0.15, 0.2) is 29.6 Å². The molecule has 3 heteroatoms. The number of aliphatic hydroxyl groups is 1. The van der Waals surface area contributed by atoms with E-state index in [0.29, 0.717) is 10.9 Å². The van der Waals surface area contributed by atoms with Crippen LogP contribution in [-0.2, 0) is 0 Å². The van der Waals surface area contributed by atoms with Gasteiger partial charge in [-0.15, -0.1) is 11.3 Å². The molecule has 1 heterocycles. The molecule has 1 N–H and O–H groups in total. The number of halogens is 1. The van der Waals surface area contributed by atoms with Crippen LogP contribution >= 0.6 is 22.9 Å². The number of aryl methyl sites for hydroxylation is 1. The monoisotopic (exact) mass is 280 g/mol. The van der Waals surface area contributed by atoms with Crippen LogP contribution in [-0.4, -0.2) is 5.11 Å². The van der Waals surface area contributed by atoms with Crippen molar-refractivity contribution >= 4 is 22.9 Å². The molecule has 0 aliphatic carbocycles. The van der Waals surface area contributed by atoms with Crippen molar-refractivity contribution in [3.63, 3.8) is 0 Å². The molecule has 96 valence electrons. The largest absolute Gasteiger partial charge is 0.383 e. The van der Waals surface area contributed by atoms with Gasteiger partial charge in [0, 0.05) is 0 Å². The Kier molecular flexibility index (Phi) is 4.10. The van der Waals surface area contributed by atoms with Crippen LogP contribution in [0.5, 0.6) is 0 Å². The molecule has 1 aromatic heterocycles. The van der Waals surface area contributed by atoms with Crippen molar-refractivity contribution < 1.29 is 5.11 Å². The molecule has 18 heavy (non-hydrogen) atoms. The van der Waals surface area contributed by atoms with Gasteiger partial charge in [-0.3, -0.25) is 0 Å². The number of aliphatic hydroxyl groups excluding tert-OH is 1. The zero-order valence-electron chi connectivity index (χ0n) is 10.8. The summed E-state index contributed by atoms with van der Waals surface area (Å²) in [5.41, 5.74) is 3.19. The van der Waals surface area contributed by atoms with Gasteiger partial charge < -0.3 is 5.11 Å². The van der Waals surface area contributed by atoms with E-state index in [1.165, 1.54) is 16.9 Å². The Morgan fingerprint density at radius 3 is 2.11 bits per heavy atom. The molecule has 0 radical (unpaired) electrons. The molecule has 1 nitrogen and oxygen atoms in total. The Labute approximate surface area is 117 Å². The molecule has 0 fully saturated rings. The Bertz CT molecular complexity index is 528. The van der Waals surface area contributed by atoms with E-state index in [4.69, 9.17) is 11.6 Å². The predicted octanol–water partition coefficient (Wildman–Crippen LogP) is 4.92. The highest BCUT2D eigenvalue weighted by molar-refractivity contribution is 7.10. The average molecular weight is 281 g/mol. The first-order valence-corrected chi connectivity index (χ1v) is 7.28. The number of hydrogen-bond donors (Lipinski definition) is 1. The zero-order valence-corrected chi connectivity index (χ0v) is 12.3. The van der Waals surface area contributed by atoms with Crippen molar-refractivity contribution in [1.82, 2.24) is 0 Å². The summed E-state index contributed by atoms with van der Waals surface area (Å²) in [5.74, 6) is 0.503. The van der Waals surface area contributed by atoms with Crippen molar-refractivity contribution in [3.8, 4) is 0 Å².